The Labute approximate surface area is 152 Å². The van der Waals surface area contributed by atoms with E-state index in [4.69, 9.17) is 14.7 Å². The molecule has 0 unspecified atom stereocenters. The highest BCUT2D eigenvalue weighted by Crippen LogP contribution is 2.42. The second kappa shape index (κ2) is 7.19. The summed E-state index contributed by atoms with van der Waals surface area (Å²) in [6.07, 6.45) is 0.635. The Balaban J connectivity index is 2.05. The zero-order valence-electron chi connectivity index (χ0n) is 14.8. The second-order valence-corrected chi connectivity index (χ2v) is 5.73. The number of benzene rings is 2. The van der Waals surface area contributed by atoms with E-state index in [9.17, 15) is 4.79 Å². The molecule has 0 radical (unpaired) electrons. The van der Waals surface area contributed by atoms with Gasteiger partial charge in [0.05, 0.1) is 37.1 Å². The monoisotopic (exact) mass is 349 g/mol. The van der Waals surface area contributed by atoms with E-state index < -0.39 is 0 Å². The van der Waals surface area contributed by atoms with Crippen molar-refractivity contribution >= 4 is 22.9 Å². The van der Waals surface area contributed by atoms with Gasteiger partial charge in [-0.3, -0.25) is 4.79 Å². The highest BCUT2D eigenvalue weighted by molar-refractivity contribution is 6.32. The molecule has 2 aromatic rings. The Kier molecular flexibility index (Phi) is 4.81. The summed E-state index contributed by atoms with van der Waals surface area (Å²) in [4.78, 5) is 12.6. The van der Waals surface area contributed by atoms with E-state index in [0.29, 0.717) is 34.7 Å². The zero-order chi connectivity index (χ0) is 18.7. The number of hydrogen-bond acceptors (Lipinski definition) is 5. The minimum atomic E-state index is -0.173. The first-order valence-electron chi connectivity index (χ1n) is 8.19. The van der Waals surface area contributed by atoms with Crippen LogP contribution in [-0.4, -0.2) is 20.1 Å². The van der Waals surface area contributed by atoms with E-state index in [1.54, 1.807) is 38.5 Å². The smallest absolute Gasteiger partial charge is 0.258 e. The van der Waals surface area contributed by atoms with Crippen molar-refractivity contribution in [1.29, 1.82) is 5.26 Å². The summed E-state index contributed by atoms with van der Waals surface area (Å²) < 4.78 is 10.7. The first-order chi connectivity index (χ1) is 12.6. The molecule has 26 heavy (non-hydrogen) atoms. The summed E-state index contributed by atoms with van der Waals surface area (Å²) in [5, 5.41) is 15.1. The van der Waals surface area contributed by atoms with Crippen LogP contribution >= 0.6 is 0 Å². The van der Waals surface area contributed by atoms with Crippen molar-refractivity contribution in [3.8, 4) is 17.6 Å². The largest absolute Gasteiger partial charge is 0.493 e. The SMILES string of the molecule is CCC(Nc1ccc(C#N)cc1)=C1C(=O)Nc2cc(OC)c(OC)cc21. The van der Waals surface area contributed by atoms with E-state index in [-0.39, 0.29) is 5.91 Å². The first-order valence-corrected chi connectivity index (χ1v) is 8.19. The van der Waals surface area contributed by atoms with Crippen LogP contribution < -0.4 is 20.1 Å². The highest BCUT2D eigenvalue weighted by Gasteiger charge is 2.29. The van der Waals surface area contributed by atoms with Gasteiger partial charge in [-0.05, 0) is 36.8 Å². The van der Waals surface area contributed by atoms with Gasteiger partial charge < -0.3 is 20.1 Å². The van der Waals surface area contributed by atoms with Gasteiger partial charge in [-0.2, -0.15) is 5.26 Å². The van der Waals surface area contributed by atoms with E-state index >= 15 is 0 Å². The van der Waals surface area contributed by atoms with Crippen LogP contribution in [0.2, 0.25) is 0 Å². The first kappa shape index (κ1) is 17.4. The van der Waals surface area contributed by atoms with Gasteiger partial charge in [0.1, 0.15) is 0 Å². The fourth-order valence-corrected chi connectivity index (χ4v) is 2.93. The summed E-state index contributed by atoms with van der Waals surface area (Å²) in [6.45, 7) is 1.98. The molecular weight excluding hydrogens is 330 g/mol. The molecule has 132 valence electrons. The number of hydrogen-bond donors (Lipinski definition) is 2. The Morgan fingerprint density at radius 1 is 1.15 bits per heavy atom. The van der Waals surface area contributed by atoms with Crippen LogP contribution in [0.3, 0.4) is 0 Å². The van der Waals surface area contributed by atoms with Crippen molar-refractivity contribution in [3.05, 3.63) is 53.2 Å². The van der Waals surface area contributed by atoms with Crippen LogP contribution in [-0.2, 0) is 4.79 Å². The molecule has 6 heteroatoms. The highest BCUT2D eigenvalue weighted by atomic mass is 16.5. The molecule has 0 aliphatic carbocycles. The molecule has 2 aromatic carbocycles. The molecule has 0 bridgehead atoms. The van der Waals surface area contributed by atoms with Crippen molar-refractivity contribution in [1.82, 2.24) is 0 Å². The fraction of sp³-hybridized carbons (Fsp3) is 0.200. The number of carbonyl (C=O) groups excluding carboxylic acids is 1. The predicted molar refractivity (Wildman–Crippen MR) is 100 cm³/mol. The number of allylic oxidation sites excluding steroid dienone is 1. The minimum Gasteiger partial charge on any atom is -0.493 e. The summed E-state index contributed by atoms with van der Waals surface area (Å²) in [5.74, 6) is 0.952. The molecule has 3 rings (SSSR count). The van der Waals surface area contributed by atoms with Gasteiger partial charge in [-0.25, -0.2) is 0 Å². The van der Waals surface area contributed by atoms with Crippen molar-refractivity contribution in [2.45, 2.75) is 13.3 Å². The molecule has 0 saturated carbocycles. The lowest BCUT2D eigenvalue weighted by Crippen LogP contribution is -2.10. The Bertz CT molecular complexity index is 925. The number of nitriles is 1. The standard InChI is InChI=1S/C20H19N3O3/c1-4-15(22-13-7-5-12(11-21)6-8-13)19-14-9-17(25-2)18(26-3)10-16(14)23-20(19)24/h5-10,22H,4H2,1-3H3,(H,23,24). The number of ether oxygens (including phenoxy) is 2. The minimum absolute atomic E-state index is 0.173. The summed E-state index contributed by atoms with van der Waals surface area (Å²) >= 11 is 0. The van der Waals surface area contributed by atoms with Crippen molar-refractivity contribution < 1.29 is 14.3 Å². The van der Waals surface area contributed by atoms with Crippen LogP contribution in [0.15, 0.2) is 42.1 Å². The molecule has 0 aromatic heterocycles. The number of nitrogens with one attached hydrogen (secondary N) is 2. The lowest BCUT2D eigenvalue weighted by atomic mass is 10.0. The molecule has 0 atom stereocenters. The lowest BCUT2D eigenvalue weighted by Gasteiger charge is -2.13. The van der Waals surface area contributed by atoms with Crippen LogP contribution in [0.5, 0.6) is 11.5 Å². The summed E-state index contributed by atoms with van der Waals surface area (Å²) in [5.41, 5.74) is 4.23. The van der Waals surface area contributed by atoms with Gasteiger partial charge in [0.15, 0.2) is 11.5 Å². The summed E-state index contributed by atoms with van der Waals surface area (Å²) in [6, 6.07) is 12.8. The van der Waals surface area contributed by atoms with Crippen LogP contribution in [0.4, 0.5) is 11.4 Å². The van der Waals surface area contributed by atoms with Crippen LogP contribution in [0.1, 0.15) is 24.5 Å². The third-order valence-corrected chi connectivity index (χ3v) is 4.23. The van der Waals surface area contributed by atoms with Gasteiger partial charge in [0, 0.05) is 23.0 Å². The molecule has 1 aliphatic heterocycles. The van der Waals surface area contributed by atoms with E-state index in [0.717, 1.165) is 16.9 Å². The topological polar surface area (TPSA) is 83.4 Å². The van der Waals surface area contributed by atoms with E-state index in [2.05, 4.69) is 16.7 Å². The zero-order valence-corrected chi connectivity index (χ0v) is 14.8. The Morgan fingerprint density at radius 2 is 1.81 bits per heavy atom. The number of amides is 1. The van der Waals surface area contributed by atoms with Crippen molar-refractivity contribution in [2.24, 2.45) is 0 Å². The lowest BCUT2D eigenvalue weighted by molar-refractivity contribution is -0.110. The van der Waals surface area contributed by atoms with Gasteiger partial charge >= 0.3 is 0 Å². The molecule has 2 N–H and O–H groups in total. The van der Waals surface area contributed by atoms with Gasteiger partial charge in [-0.15, -0.1) is 0 Å². The number of methoxy groups -OCH3 is 2. The maximum Gasteiger partial charge on any atom is 0.258 e. The summed E-state index contributed by atoms with van der Waals surface area (Å²) in [7, 11) is 3.12. The number of rotatable bonds is 5. The maximum absolute atomic E-state index is 12.6. The van der Waals surface area contributed by atoms with Gasteiger partial charge in [-0.1, -0.05) is 6.92 Å². The Hall–Kier alpha value is -3.46. The van der Waals surface area contributed by atoms with Crippen LogP contribution in [0, 0.1) is 11.3 Å². The Morgan fingerprint density at radius 3 is 2.38 bits per heavy atom. The van der Waals surface area contributed by atoms with Crippen LogP contribution in [0.25, 0.3) is 5.57 Å². The molecule has 0 spiro atoms. The molecule has 1 amide bonds. The molecule has 0 saturated heterocycles. The average Bonchev–Trinajstić information content (AvgIpc) is 3.00. The average molecular weight is 349 g/mol. The van der Waals surface area contributed by atoms with E-state index in [1.165, 1.54) is 0 Å². The fourth-order valence-electron chi connectivity index (χ4n) is 2.93. The maximum atomic E-state index is 12.6. The molecule has 1 aliphatic rings. The second-order valence-electron chi connectivity index (χ2n) is 5.73. The normalized spacial score (nSPS) is 14.2. The number of carbonyl (C=O) groups is 1. The van der Waals surface area contributed by atoms with Gasteiger partial charge in [0.25, 0.3) is 5.91 Å². The third-order valence-electron chi connectivity index (χ3n) is 4.23. The predicted octanol–water partition coefficient (Wildman–Crippen LogP) is 3.76. The quantitative estimate of drug-likeness (QED) is 0.803. The van der Waals surface area contributed by atoms with E-state index in [1.807, 2.05) is 19.1 Å². The third kappa shape index (κ3) is 3.07. The number of nitrogens with zero attached hydrogens (tertiary/aromatic N) is 1. The van der Waals surface area contributed by atoms with Gasteiger partial charge in [0.2, 0.25) is 0 Å². The van der Waals surface area contributed by atoms with Crippen molar-refractivity contribution in [2.75, 3.05) is 24.9 Å². The molecule has 0 fully saturated rings. The molecule has 6 nitrogen and oxygen atoms in total. The van der Waals surface area contributed by atoms with Crippen molar-refractivity contribution in [3.63, 3.8) is 0 Å². The number of anilines is 2. The molecule has 1 heterocycles. The number of fused-ring (bicyclic) bond motifs is 1. The molecular formula is C20H19N3O3.